The summed E-state index contributed by atoms with van der Waals surface area (Å²) < 4.78 is 26.6. The maximum atomic E-state index is 13.7. The van der Waals surface area contributed by atoms with Gasteiger partial charge in [0, 0.05) is 50.9 Å². The van der Waals surface area contributed by atoms with Crippen LogP contribution in [0.3, 0.4) is 0 Å². The molecule has 1 atom stereocenters. The molecule has 0 radical (unpaired) electrons. The fourth-order valence-corrected chi connectivity index (χ4v) is 2.70. The number of benzene rings is 1. The number of rotatable bonds is 6. The molecule has 1 aliphatic rings. The first-order valence-electron chi connectivity index (χ1n) is 7.84. The fourth-order valence-electron chi connectivity index (χ4n) is 2.70. The summed E-state index contributed by atoms with van der Waals surface area (Å²) in [6, 6.07) is 3.20. The van der Waals surface area contributed by atoms with Gasteiger partial charge in [-0.25, -0.2) is 8.78 Å². The summed E-state index contributed by atoms with van der Waals surface area (Å²) in [5.74, 6) is -1.38. The van der Waals surface area contributed by atoms with Crippen molar-refractivity contribution in [2.24, 2.45) is 0 Å². The van der Waals surface area contributed by atoms with E-state index in [9.17, 15) is 18.7 Å². The molecule has 1 heterocycles. The zero-order chi connectivity index (χ0) is 16.8. The van der Waals surface area contributed by atoms with Crippen molar-refractivity contribution in [1.82, 2.24) is 15.1 Å². The second kappa shape index (κ2) is 8.33. The molecule has 1 aliphatic heterocycles. The Morgan fingerprint density at radius 2 is 1.91 bits per heavy atom. The third kappa shape index (κ3) is 5.23. The Bertz CT molecular complexity index is 534. The van der Waals surface area contributed by atoms with Crippen LogP contribution in [0.1, 0.15) is 18.6 Å². The van der Waals surface area contributed by atoms with Crippen molar-refractivity contribution >= 4 is 5.91 Å². The van der Waals surface area contributed by atoms with Gasteiger partial charge in [0.25, 0.3) is 0 Å². The predicted octanol–water partition coefficient (Wildman–Crippen LogP) is 0.752. The molecule has 2 rings (SSSR count). The third-order valence-electron chi connectivity index (χ3n) is 3.96. The first kappa shape index (κ1) is 17.8. The van der Waals surface area contributed by atoms with Gasteiger partial charge in [0.15, 0.2) is 0 Å². The average molecular weight is 327 g/mol. The molecule has 1 fully saturated rings. The highest BCUT2D eigenvalue weighted by Crippen LogP contribution is 2.19. The molecule has 0 saturated carbocycles. The van der Waals surface area contributed by atoms with Crippen molar-refractivity contribution in [1.29, 1.82) is 0 Å². The summed E-state index contributed by atoms with van der Waals surface area (Å²) in [5, 5.41) is 12.9. The van der Waals surface area contributed by atoms with Crippen molar-refractivity contribution < 1.29 is 18.7 Å². The number of aliphatic hydroxyl groups is 1. The molecule has 1 amide bonds. The lowest BCUT2D eigenvalue weighted by molar-refractivity contribution is -0.122. The Morgan fingerprint density at radius 1 is 1.26 bits per heavy atom. The molecule has 0 bridgehead atoms. The SMILES string of the molecule is CCNC(=O)CN1CCN(CC(O)c2ccc(F)cc2F)CC1. The van der Waals surface area contributed by atoms with Gasteiger partial charge in [0.05, 0.1) is 12.6 Å². The van der Waals surface area contributed by atoms with Crippen LogP contribution in [0, 0.1) is 11.6 Å². The van der Waals surface area contributed by atoms with Gasteiger partial charge in [0.2, 0.25) is 5.91 Å². The second-order valence-electron chi connectivity index (χ2n) is 5.71. The molecule has 0 aliphatic carbocycles. The van der Waals surface area contributed by atoms with E-state index in [-0.39, 0.29) is 18.0 Å². The summed E-state index contributed by atoms with van der Waals surface area (Å²) >= 11 is 0. The second-order valence-corrected chi connectivity index (χ2v) is 5.71. The molecule has 1 saturated heterocycles. The van der Waals surface area contributed by atoms with Gasteiger partial charge in [0.1, 0.15) is 11.6 Å². The number of piperazine rings is 1. The van der Waals surface area contributed by atoms with Crippen LogP contribution in [0.5, 0.6) is 0 Å². The Kier molecular flexibility index (Phi) is 6.44. The number of nitrogens with zero attached hydrogens (tertiary/aromatic N) is 2. The summed E-state index contributed by atoms with van der Waals surface area (Å²) in [7, 11) is 0. The number of hydrogen-bond donors (Lipinski definition) is 2. The lowest BCUT2D eigenvalue weighted by Gasteiger charge is -2.35. The Morgan fingerprint density at radius 3 is 2.52 bits per heavy atom. The first-order chi connectivity index (χ1) is 11.0. The maximum Gasteiger partial charge on any atom is 0.234 e. The molecule has 23 heavy (non-hydrogen) atoms. The number of aliphatic hydroxyl groups excluding tert-OH is 1. The summed E-state index contributed by atoms with van der Waals surface area (Å²) in [6.07, 6.45) is -0.995. The number of hydrogen-bond acceptors (Lipinski definition) is 4. The number of carbonyl (C=O) groups excluding carboxylic acids is 1. The highest BCUT2D eigenvalue weighted by molar-refractivity contribution is 5.77. The van der Waals surface area contributed by atoms with Crippen LogP contribution in [-0.2, 0) is 4.79 Å². The van der Waals surface area contributed by atoms with Gasteiger partial charge >= 0.3 is 0 Å². The molecule has 7 heteroatoms. The third-order valence-corrected chi connectivity index (χ3v) is 3.96. The molecule has 0 spiro atoms. The Hall–Kier alpha value is -1.57. The van der Waals surface area contributed by atoms with Gasteiger partial charge < -0.3 is 10.4 Å². The van der Waals surface area contributed by atoms with Gasteiger partial charge in [-0.05, 0) is 13.0 Å². The fraction of sp³-hybridized carbons (Fsp3) is 0.562. The van der Waals surface area contributed by atoms with E-state index in [1.54, 1.807) is 0 Å². The number of halogens is 2. The number of likely N-dealkylation sites (N-methyl/N-ethyl adjacent to an activating group) is 1. The lowest BCUT2D eigenvalue weighted by atomic mass is 10.1. The highest BCUT2D eigenvalue weighted by atomic mass is 19.1. The molecular formula is C16H23F2N3O2. The average Bonchev–Trinajstić information content (AvgIpc) is 2.49. The van der Waals surface area contributed by atoms with E-state index in [1.165, 1.54) is 6.07 Å². The van der Waals surface area contributed by atoms with Crippen LogP contribution < -0.4 is 5.32 Å². The highest BCUT2D eigenvalue weighted by Gasteiger charge is 2.22. The van der Waals surface area contributed by atoms with Crippen LogP contribution >= 0.6 is 0 Å². The molecule has 5 nitrogen and oxygen atoms in total. The van der Waals surface area contributed by atoms with E-state index >= 15 is 0 Å². The Balaban J connectivity index is 1.80. The van der Waals surface area contributed by atoms with Crippen molar-refractivity contribution in [3.05, 3.63) is 35.4 Å². The summed E-state index contributed by atoms with van der Waals surface area (Å²) in [4.78, 5) is 15.6. The summed E-state index contributed by atoms with van der Waals surface area (Å²) in [5.41, 5.74) is 0.108. The zero-order valence-corrected chi connectivity index (χ0v) is 13.3. The van der Waals surface area contributed by atoms with Crippen molar-refractivity contribution in [3.8, 4) is 0 Å². The molecule has 1 unspecified atom stereocenters. The minimum atomic E-state index is -0.995. The molecule has 1 aromatic rings. The van der Waals surface area contributed by atoms with Crippen molar-refractivity contribution in [2.45, 2.75) is 13.0 Å². The van der Waals surface area contributed by atoms with Crippen LogP contribution in [0.25, 0.3) is 0 Å². The van der Waals surface area contributed by atoms with Crippen LogP contribution in [0.2, 0.25) is 0 Å². The van der Waals surface area contributed by atoms with E-state index in [1.807, 2.05) is 16.7 Å². The first-order valence-corrected chi connectivity index (χ1v) is 7.84. The van der Waals surface area contributed by atoms with Gasteiger partial charge in [-0.15, -0.1) is 0 Å². The molecule has 128 valence electrons. The Labute approximate surface area is 134 Å². The van der Waals surface area contributed by atoms with Crippen LogP contribution in [0.15, 0.2) is 18.2 Å². The predicted molar refractivity (Wildman–Crippen MR) is 82.9 cm³/mol. The van der Waals surface area contributed by atoms with Gasteiger partial charge in [-0.1, -0.05) is 6.07 Å². The largest absolute Gasteiger partial charge is 0.387 e. The number of carbonyl (C=O) groups is 1. The monoisotopic (exact) mass is 327 g/mol. The zero-order valence-electron chi connectivity index (χ0n) is 13.3. The quantitative estimate of drug-likeness (QED) is 0.810. The maximum absolute atomic E-state index is 13.7. The van der Waals surface area contributed by atoms with Crippen molar-refractivity contribution in [3.63, 3.8) is 0 Å². The number of nitrogens with one attached hydrogen (secondary N) is 1. The molecular weight excluding hydrogens is 304 g/mol. The number of β-amino-alcohol motifs (C(OH)–C–C–N with tert-alkyl or cyclic N) is 1. The van der Waals surface area contributed by atoms with E-state index < -0.39 is 17.7 Å². The van der Waals surface area contributed by atoms with Crippen LogP contribution in [-0.4, -0.2) is 66.6 Å². The van der Waals surface area contributed by atoms with Gasteiger partial charge in [-0.3, -0.25) is 14.6 Å². The van der Waals surface area contributed by atoms with E-state index in [4.69, 9.17) is 0 Å². The van der Waals surface area contributed by atoms with Crippen molar-refractivity contribution in [2.75, 3.05) is 45.8 Å². The topological polar surface area (TPSA) is 55.8 Å². The standard InChI is InChI=1S/C16H23F2N3O2/c1-2-19-16(23)11-21-7-5-20(6-8-21)10-15(22)13-4-3-12(17)9-14(13)18/h3-4,9,15,22H,2,5-8,10-11H2,1H3,(H,19,23). The van der Waals surface area contributed by atoms with E-state index in [0.717, 1.165) is 25.2 Å². The van der Waals surface area contributed by atoms with E-state index in [2.05, 4.69) is 5.32 Å². The lowest BCUT2D eigenvalue weighted by Crippen LogP contribution is -2.50. The smallest absolute Gasteiger partial charge is 0.234 e. The number of amides is 1. The molecule has 2 N–H and O–H groups in total. The van der Waals surface area contributed by atoms with Gasteiger partial charge in [-0.2, -0.15) is 0 Å². The minimum absolute atomic E-state index is 0.00867. The minimum Gasteiger partial charge on any atom is -0.387 e. The molecule has 0 aromatic heterocycles. The normalized spacial score (nSPS) is 17.9. The molecule has 1 aromatic carbocycles. The van der Waals surface area contributed by atoms with Crippen LogP contribution in [0.4, 0.5) is 8.78 Å². The van der Waals surface area contributed by atoms with E-state index in [0.29, 0.717) is 26.2 Å². The summed E-state index contributed by atoms with van der Waals surface area (Å²) in [6.45, 7) is 5.98.